The van der Waals surface area contributed by atoms with Crippen LogP contribution in [0.4, 0.5) is 15.9 Å². The monoisotopic (exact) mass is 391 g/mol. The summed E-state index contributed by atoms with van der Waals surface area (Å²) in [5, 5.41) is 1.07. The minimum atomic E-state index is -0.205. The number of hydrogen-bond acceptors (Lipinski definition) is 5. The molecule has 3 heterocycles. The van der Waals surface area contributed by atoms with Crippen LogP contribution in [0.3, 0.4) is 0 Å². The van der Waals surface area contributed by atoms with E-state index in [0.29, 0.717) is 0 Å². The number of benzene rings is 2. The summed E-state index contributed by atoms with van der Waals surface area (Å²) in [6, 6.07) is 12.8. The van der Waals surface area contributed by atoms with Crippen molar-refractivity contribution in [1.29, 1.82) is 0 Å². The molecule has 0 saturated carbocycles. The Kier molecular flexibility index (Phi) is 4.23. The molecule has 0 amide bonds. The van der Waals surface area contributed by atoms with Crippen LogP contribution in [0.1, 0.15) is 0 Å². The molecule has 0 bridgehead atoms. The van der Waals surface area contributed by atoms with E-state index in [1.54, 1.807) is 13.4 Å². The van der Waals surface area contributed by atoms with Gasteiger partial charge in [0.25, 0.3) is 0 Å². The number of rotatable bonds is 3. The lowest BCUT2D eigenvalue weighted by Crippen LogP contribution is -2.47. The van der Waals surface area contributed by atoms with Gasteiger partial charge in [0, 0.05) is 44.3 Å². The van der Waals surface area contributed by atoms with E-state index in [9.17, 15) is 4.39 Å². The first-order valence-electron chi connectivity index (χ1n) is 9.68. The van der Waals surface area contributed by atoms with Gasteiger partial charge >= 0.3 is 0 Å². The number of nitrogens with zero attached hydrogens (tertiary/aromatic N) is 5. The number of ether oxygens (including phenoxy) is 1. The maximum Gasteiger partial charge on any atom is 0.156 e. The molecule has 1 aliphatic rings. The van der Waals surface area contributed by atoms with Crippen molar-refractivity contribution in [3.8, 4) is 5.75 Å². The fourth-order valence-electron chi connectivity index (χ4n) is 4.18. The van der Waals surface area contributed by atoms with Gasteiger partial charge in [-0.1, -0.05) is 0 Å². The maximum absolute atomic E-state index is 13.2. The molecule has 1 saturated heterocycles. The number of aromatic nitrogens is 3. The first kappa shape index (κ1) is 17.7. The zero-order valence-electron chi connectivity index (χ0n) is 16.5. The molecular formula is C22H22FN5O. The Labute approximate surface area is 168 Å². The highest BCUT2D eigenvalue weighted by atomic mass is 19.1. The van der Waals surface area contributed by atoms with Gasteiger partial charge in [0.1, 0.15) is 28.9 Å². The van der Waals surface area contributed by atoms with Gasteiger partial charge < -0.3 is 19.1 Å². The molecule has 148 valence electrons. The van der Waals surface area contributed by atoms with Crippen molar-refractivity contribution in [2.75, 3.05) is 43.1 Å². The third-order valence-corrected chi connectivity index (χ3v) is 5.73. The second-order valence-electron chi connectivity index (χ2n) is 7.29. The van der Waals surface area contributed by atoms with E-state index in [0.717, 1.165) is 65.4 Å². The molecule has 29 heavy (non-hydrogen) atoms. The van der Waals surface area contributed by atoms with Gasteiger partial charge in [0.2, 0.25) is 0 Å². The van der Waals surface area contributed by atoms with E-state index in [2.05, 4.69) is 37.4 Å². The van der Waals surface area contributed by atoms with Gasteiger partial charge in [-0.05, 0) is 42.5 Å². The van der Waals surface area contributed by atoms with Crippen LogP contribution < -0.4 is 14.5 Å². The first-order valence-corrected chi connectivity index (χ1v) is 9.68. The molecular weight excluding hydrogens is 369 g/mol. The fraction of sp³-hybridized carbons (Fsp3) is 0.273. The third kappa shape index (κ3) is 2.93. The molecule has 7 heteroatoms. The molecule has 0 radical (unpaired) electrons. The van der Waals surface area contributed by atoms with E-state index < -0.39 is 0 Å². The Balaban J connectivity index is 1.49. The molecule has 0 aliphatic carbocycles. The lowest BCUT2D eigenvalue weighted by atomic mass is 10.2. The summed E-state index contributed by atoms with van der Waals surface area (Å²) in [7, 11) is 3.73. The Morgan fingerprint density at radius 1 is 0.931 bits per heavy atom. The van der Waals surface area contributed by atoms with Crippen LogP contribution in [0.15, 0.2) is 48.8 Å². The Morgan fingerprint density at radius 3 is 2.38 bits per heavy atom. The van der Waals surface area contributed by atoms with Crippen molar-refractivity contribution >= 4 is 33.4 Å². The van der Waals surface area contributed by atoms with Crippen LogP contribution in [-0.4, -0.2) is 47.8 Å². The van der Waals surface area contributed by atoms with Gasteiger partial charge in [0.05, 0.1) is 12.6 Å². The number of methoxy groups -OCH3 is 1. The lowest BCUT2D eigenvalue weighted by molar-refractivity contribution is 0.415. The topological polar surface area (TPSA) is 46.4 Å². The number of piperazine rings is 1. The predicted molar refractivity (Wildman–Crippen MR) is 113 cm³/mol. The number of fused-ring (bicyclic) bond motifs is 3. The Bertz CT molecular complexity index is 1180. The second-order valence-corrected chi connectivity index (χ2v) is 7.29. The summed E-state index contributed by atoms with van der Waals surface area (Å²) in [6.45, 7) is 3.40. The number of hydrogen-bond donors (Lipinski definition) is 0. The van der Waals surface area contributed by atoms with Crippen molar-refractivity contribution in [2.24, 2.45) is 7.05 Å². The molecule has 4 aromatic rings. The van der Waals surface area contributed by atoms with Gasteiger partial charge in [-0.3, -0.25) is 0 Å². The molecule has 6 nitrogen and oxygen atoms in total. The van der Waals surface area contributed by atoms with Crippen molar-refractivity contribution in [1.82, 2.24) is 14.5 Å². The molecule has 5 rings (SSSR count). The van der Waals surface area contributed by atoms with Crippen LogP contribution in [0.25, 0.3) is 21.9 Å². The molecule has 2 aromatic heterocycles. The molecule has 0 unspecified atom stereocenters. The number of anilines is 2. The Morgan fingerprint density at radius 2 is 1.66 bits per heavy atom. The normalized spacial score (nSPS) is 14.7. The van der Waals surface area contributed by atoms with Gasteiger partial charge in [-0.25, -0.2) is 14.4 Å². The van der Waals surface area contributed by atoms with E-state index >= 15 is 0 Å². The summed E-state index contributed by atoms with van der Waals surface area (Å²) >= 11 is 0. The second kappa shape index (κ2) is 6.92. The van der Waals surface area contributed by atoms with E-state index in [1.807, 2.05) is 24.3 Å². The van der Waals surface area contributed by atoms with Crippen molar-refractivity contribution in [2.45, 2.75) is 0 Å². The third-order valence-electron chi connectivity index (χ3n) is 5.73. The van der Waals surface area contributed by atoms with Crippen molar-refractivity contribution in [3.05, 3.63) is 54.6 Å². The molecule has 2 aromatic carbocycles. The molecule has 0 spiro atoms. The average molecular weight is 391 g/mol. The fourth-order valence-corrected chi connectivity index (χ4v) is 4.18. The first-order chi connectivity index (χ1) is 14.2. The minimum Gasteiger partial charge on any atom is -0.497 e. The minimum absolute atomic E-state index is 0.205. The van der Waals surface area contributed by atoms with Crippen LogP contribution in [0.5, 0.6) is 5.75 Å². The molecule has 0 atom stereocenters. The zero-order valence-corrected chi connectivity index (χ0v) is 16.5. The average Bonchev–Trinajstić information content (AvgIpc) is 3.06. The summed E-state index contributed by atoms with van der Waals surface area (Å²) in [5.41, 5.74) is 4.13. The molecule has 0 N–H and O–H groups in total. The highest BCUT2D eigenvalue weighted by molar-refractivity contribution is 6.09. The highest BCUT2D eigenvalue weighted by Gasteiger charge is 2.23. The summed E-state index contributed by atoms with van der Waals surface area (Å²) in [6.07, 6.45) is 1.64. The molecule has 1 aliphatic heterocycles. The summed E-state index contributed by atoms with van der Waals surface area (Å²) in [4.78, 5) is 13.8. The van der Waals surface area contributed by atoms with E-state index in [1.165, 1.54) is 12.1 Å². The van der Waals surface area contributed by atoms with Gasteiger partial charge in [0.15, 0.2) is 5.82 Å². The zero-order chi connectivity index (χ0) is 20.0. The predicted octanol–water partition coefficient (Wildman–Crippen LogP) is 3.60. The van der Waals surface area contributed by atoms with Crippen molar-refractivity contribution in [3.63, 3.8) is 0 Å². The van der Waals surface area contributed by atoms with Gasteiger partial charge in [-0.15, -0.1) is 0 Å². The maximum atomic E-state index is 13.2. The van der Waals surface area contributed by atoms with Crippen LogP contribution in [0, 0.1) is 5.82 Å². The van der Waals surface area contributed by atoms with Crippen LogP contribution in [-0.2, 0) is 7.05 Å². The Hall–Kier alpha value is -3.35. The smallest absolute Gasteiger partial charge is 0.156 e. The largest absolute Gasteiger partial charge is 0.497 e. The van der Waals surface area contributed by atoms with Gasteiger partial charge in [-0.2, -0.15) is 0 Å². The number of aryl methyl sites for hydroxylation is 1. The lowest BCUT2D eigenvalue weighted by Gasteiger charge is -2.37. The van der Waals surface area contributed by atoms with E-state index in [-0.39, 0.29) is 5.82 Å². The quantitative estimate of drug-likeness (QED) is 0.534. The van der Waals surface area contributed by atoms with E-state index in [4.69, 9.17) is 4.74 Å². The molecule has 1 fully saturated rings. The van der Waals surface area contributed by atoms with Crippen molar-refractivity contribution < 1.29 is 9.13 Å². The standard InChI is InChI=1S/C22H22FN5O/c1-26-19-8-7-17(29-2)13-18(19)20-21(26)22(25-14-24-20)28-11-9-27(10-12-28)16-5-3-15(23)4-6-16/h3-8,13-14H,9-12H2,1-2H3. The van der Waals surface area contributed by atoms with Crippen LogP contribution in [0.2, 0.25) is 0 Å². The SMILES string of the molecule is COc1ccc2c(c1)c1ncnc(N3CCN(c4ccc(F)cc4)CC3)c1n2C. The highest BCUT2D eigenvalue weighted by Crippen LogP contribution is 2.34. The van der Waals surface area contributed by atoms with Crippen LogP contribution >= 0.6 is 0 Å². The summed E-state index contributed by atoms with van der Waals surface area (Å²) in [5.74, 6) is 1.56. The summed E-state index contributed by atoms with van der Waals surface area (Å²) < 4.78 is 20.8. The number of halogens is 1.